The number of hydrogen-bond acceptors (Lipinski definition) is 5. The highest BCUT2D eigenvalue weighted by Gasteiger charge is 2.33. The van der Waals surface area contributed by atoms with E-state index in [1.54, 1.807) is 28.8 Å². The number of carbonyl (C=O) groups excluding carboxylic acids is 1. The highest BCUT2D eigenvalue weighted by molar-refractivity contribution is 8.00. The minimum Gasteiger partial charge on any atom is -0.325 e. The molecule has 2 aromatic carbocycles. The van der Waals surface area contributed by atoms with Crippen LogP contribution in [0, 0.1) is 5.82 Å². The molecule has 0 N–H and O–H groups in total. The lowest BCUT2D eigenvalue weighted by atomic mass is 10.2. The van der Waals surface area contributed by atoms with Crippen molar-refractivity contribution in [2.45, 2.75) is 29.3 Å². The Morgan fingerprint density at radius 3 is 2.67 bits per heavy atom. The lowest BCUT2D eigenvalue weighted by Gasteiger charge is -2.24. The molecular weight excluding hydrogens is 419 g/mol. The number of thioether (sulfide) groups is 2. The van der Waals surface area contributed by atoms with Crippen molar-refractivity contribution in [1.29, 1.82) is 0 Å². The molecule has 1 atom stereocenters. The molecule has 154 valence electrons. The summed E-state index contributed by atoms with van der Waals surface area (Å²) in [5.41, 5.74) is 1.56. The molecule has 1 aliphatic heterocycles. The van der Waals surface area contributed by atoms with Gasteiger partial charge >= 0.3 is 0 Å². The van der Waals surface area contributed by atoms with E-state index in [1.165, 1.54) is 17.8 Å². The Labute approximate surface area is 183 Å². The van der Waals surface area contributed by atoms with Crippen LogP contribution in [0.3, 0.4) is 0 Å². The Kier molecular flexibility index (Phi) is 5.52. The van der Waals surface area contributed by atoms with Crippen molar-refractivity contribution in [1.82, 2.24) is 19.7 Å². The molecule has 8 heteroatoms. The molecule has 5 rings (SSSR count). The number of amides is 1. The van der Waals surface area contributed by atoms with E-state index in [9.17, 15) is 9.18 Å². The van der Waals surface area contributed by atoms with Gasteiger partial charge in [0.25, 0.3) is 0 Å². The molecule has 1 aromatic heterocycles. The molecule has 2 aliphatic rings. The zero-order valence-corrected chi connectivity index (χ0v) is 17.9. The van der Waals surface area contributed by atoms with Crippen LogP contribution in [0.5, 0.6) is 0 Å². The van der Waals surface area contributed by atoms with Crippen molar-refractivity contribution in [3.8, 4) is 5.69 Å². The van der Waals surface area contributed by atoms with Gasteiger partial charge in [-0.05, 0) is 31.0 Å². The van der Waals surface area contributed by atoms with Gasteiger partial charge in [0.2, 0.25) is 11.1 Å². The summed E-state index contributed by atoms with van der Waals surface area (Å²) in [7, 11) is 0. The van der Waals surface area contributed by atoms with E-state index in [1.807, 2.05) is 41.1 Å². The molecule has 1 saturated carbocycles. The largest absolute Gasteiger partial charge is 0.325 e. The van der Waals surface area contributed by atoms with Crippen LogP contribution >= 0.6 is 23.5 Å². The Morgan fingerprint density at radius 1 is 1.13 bits per heavy atom. The van der Waals surface area contributed by atoms with Crippen LogP contribution in [0.2, 0.25) is 0 Å². The second kappa shape index (κ2) is 8.43. The third-order valence-electron chi connectivity index (χ3n) is 5.26. The molecule has 3 aromatic rings. The Bertz CT molecular complexity index is 1050. The molecule has 1 saturated heterocycles. The van der Waals surface area contributed by atoms with Gasteiger partial charge in [-0.3, -0.25) is 4.79 Å². The molecule has 2 heterocycles. The van der Waals surface area contributed by atoms with E-state index in [4.69, 9.17) is 4.98 Å². The molecule has 5 nitrogen and oxygen atoms in total. The third kappa shape index (κ3) is 3.98. The first kappa shape index (κ1) is 19.6. The van der Waals surface area contributed by atoms with E-state index < -0.39 is 0 Å². The highest BCUT2D eigenvalue weighted by atomic mass is 32.2. The molecular formula is C22H21FN4OS2. The Hall–Kier alpha value is -2.32. The lowest BCUT2D eigenvalue weighted by molar-refractivity contribution is -0.128. The van der Waals surface area contributed by atoms with Crippen LogP contribution in [0.25, 0.3) is 5.69 Å². The minimum atomic E-state index is -0.267. The molecule has 1 amide bonds. The molecule has 0 radical (unpaired) electrons. The van der Waals surface area contributed by atoms with Gasteiger partial charge in [0.1, 0.15) is 17.0 Å². The van der Waals surface area contributed by atoms with Gasteiger partial charge in [-0.2, -0.15) is 0 Å². The van der Waals surface area contributed by atoms with Crippen LogP contribution < -0.4 is 0 Å². The average Bonchev–Trinajstić information content (AvgIpc) is 3.34. The fourth-order valence-electron chi connectivity index (χ4n) is 3.60. The fraction of sp³-hybridized carbons (Fsp3) is 0.318. The second-order valence-corrected chi connectivity index (χ2v) is 9.53. The predicted molar refractivity (Wildman–Crippen MR) is 117 cm³/mol. The number of hydrogen-bond donors (Lipinski definition) is 0. The van der Waals surface area contributed by atoms with Crippen LogP contribution in [0.1, 0.15) is 35.5 Å². The van der Waals surface area contributed by atoms with Crippen molar-refractivity contribution in [3.63, 3.8) is 0 Å². The van der Waals surface area contributed by atoms with Crippen molar-refractivity contribution >= 4 is 29.4 Å². The van der Waals surface area contributed by atoms with Gasteiger partial charge in [-0.1, -0.05) is 48.2 Å². The number of aromatic nitrogens is 3. The Balaban J connectivity index is 1.30. The number of rotatable bonds is 6. The van der Waals surface area contributed by atoms with E-state index in [0.717, 1.165) is 30.1 Å². The summed E-state index contributed by atoms with van der Waals surface area (Å²) >= 11 is 2.96. The molecule has 0 unspecified atom stereocenters. The lowest BCUT2D eigenvalue weighted by Crippen LogP contribution is -2.32. The van der Waals surface area contributed by atoms with Crippen LogP contribution in [-0.2, 0) is 4.79 Å². The maximum atomic E-state index is 14.2. The summed E-state index contributed by atoms with van der Waals surface area (Å²) in [5.74, 6) is 2.19. The smallest absolute Gasteiger partial charge is 0.234 e. The summed E-state index contributed by atoms with van der Waals surface area (Å²) in [6.45, 7) is 0.627. The predicted octanol–water partition coefficient (Wildman–Crippen LogP) is 4.65. The standard InChI is InChI=1S/C22H21FN4OS2/c23-18-9-5-4-8-17(18)21-26(12-13-29-21)19(28)14-30-22-24-20(15-10-11-15)27(25-22)16-6-2-1-3-7-16/h1-9,15,21H,10-14H2/t21-/m0/s1. The maximum Gasteiger partial charge on any atom is 0.234 e. The molecule has 30 heavy (non-hydrogen) atoms. The second-order valence-electron chi connectivity index (χ2n) is 7.39. The summed E-state index contributed by atoms with van der Waals surface area (Å²) in [6, 6.07) is 16.7. The van der Waals surface area contributed by atoms with Gasteiger partial charge < -0.3 is 4.90 Å². The SMILES string of the molecule is O=C(CSc1nc(C2CC2)n(-c2ccccc2)n1)N1CCS[C@H]1c1ccccc1F. The quantitative estimate of drug-likeness (QED) is 0.522. The summed E-state index contributed by atoms with van der Waals surface area (Å²) in [6.07, 6.45) is 2.26. The van der Waals surface area contributed by atoms with Crippen molar-refractivity contribution in [2.24, 2.45) is 0 Å². The minimum absolute atomic E-state index is 0.0118. The molecule has 0 spiro atoms. The molecule has 2 fully saturated rings. The highest BCUT2D eigenvalue weighted by Crippen LogP contribution is 2.41. The zero-order chi connectivity index (χ0) is 20.5. The van der Waals surface area contributed by atoms with E-state index in [-0.39, 0.29) is 22.9 Å². The average molecular weight is 441 g/mol. The van der Waals surface area contributed by atoms with Gasteiger partial charge in [0.05, 0.1) is 11.4 Å². The first-order chi connectivity index (χ1) is 14.7. The van der Waals surface area contributed by atoms with Crippen LogP contribution in [0.15, 0.2) is 59.8 Å². The molecule has 0 bridgehead atoms. The van der Waals surface area contributed by atoms with E-state index >= 15 is 0 Å². The monoisotopic (exact) mass is 440 g/mol. The number of carbonyl (C=O) groups is 1. The number of para-hydroxylation sites is 1. The fourth-order valence-corrected chi connectivity index (χ4v) is 5.61. The van der Waals surface area contributed by atoms with E-state index in [2.05, 4.69) is 5.10 Å². The van der Waals surface area contributed by atoms with Gasteiger partial charge in [0.15, 0.2) is 0 Å². The van der Waals surface area contributed by atoms with Crippen molar-refractivity contribution < 1.29 is 9.18 Å². The summed E-state index contributed by atoms with van der Waals surface area (Å²) in [5, 5.41) is 5.01. The number of benzene rings is 2. The zero-order valence-electron chi connectivity index (χ0n) is 16.3. The summed E-state index contributed by atoms with van der Waals surface area (Å²) < 4.78 is 16.1. The number of nitrogens with zero attached hydrogens (tertiary/aromatic N) is 4. The molecule has 1 aliphatic carbocycles. The van der Waals surface area contributed by atoms with Crippen LogP contribution in [0.4, 0.5) is 4.39 Å². The van der Waals surface area contributed by atoms with Crippen molar-refractivity contribution in [3.05, 3.63) is 71.8 Å². The van der Waals surface area contributed by atoms with Gasteiger partial charge in [-0.15, -0.1) is 16.9 Å². The van der Waals surface area contributed by atoms with Gasteiger partial charge in [0, 0.05) is 23.8 Å². The third-order valence-corrected chi connectivity index (χ3v) is 7.33. The summed E-state index contributed by atoms with van der Waals surface area (Å²) in [4.78, 5) is 19.4. The van der Waals surface area contributed by atoms with Crippen molar-refractivity contribution in [2.75, 3.05) is 18.1 Å². The Morgan fingerprint density at radius 2 is 1.90 bits per heavy atom. The van der Waals surface area contributed by atoms with Crippen LogP contribution in [-0.4, -0.2) is 43.6 Å². The first-order valence-corrected chi connectivity index (χ1v) is 12.0. The maximum absolute atomic E-state index is 14.2. The van der Waals surface area contributed by atoms with E-state index in [0.29, 0.717) is 23.2 Å². The number of halogens is 1. The van der Waals surface area contributed by atoms with Gasteiger partial charge in [-0.25, -0.2) is 14.1 Å². The topological polar surface area (TPSA) is 51.0 Å². The normalized spacial score (nSPS) is 18.7. The first-order valence-electron chi connectivity index (χ1n) is 10.0.